The molecule has 1 atom stereocenters. The predicted molar refractivity (Wildman–Crippen MR) is 112 cm³/mol. The number of nitrogens with zero attached hydrogens (tertiary/aromatic N) is 1. The lowest BCUT2D eigenvalue weighted by molar-refractivity contribution is -0.127. The number of hydrogen-bond acceptors (Lipinski definition) is 4. The van der Waals surface area contributed by atoms with E-state index in [4.69, 9.17) is 9.15 Å². The molecule has 2 fully saturated rings. The Hall–Kier alpha value is -2.96. The largest absolute Gasteiger partial charge is 0.497 e. The van der Waals surface area contributed by atoms with Crippen LogP contribution in [0.15, 0.2) is 47.1 Å². The van der Waals surface area contributed by atoms with Crippen LogP contribution in [0.4, 0.5) is 4.79 Å². The molecule has 2 aromatic rings. The zero-order valence-electron chi connectivity index (χ0n) is 17.3. The second-order valence-electron chi connectivity index (χ2n) is 8.10. The molecule has 1 aromatic heterocycles. The summed E-state index contributed by atoms with van der Waals surface area (Å²) >= 11 is 0. The van der Waals surface area contributed by atoms with Crippen molar-refractivity contribution >= 4 is 11.9 Å². The lowest BCUT2D eigenvalue weighted by Crippen LogP contribution is -2.47. The second-order valence-corrected chi connectivity index (χ2v) is 8.10. The van der Waals surface area contributed by atoms with Gasteiger partial charge >= 0.3 is 6.03 Å². The van der Waals surface area contributed by atoms with E-state index in [1.54, 1.807) is 24.3 Å². The van der Waals surface area contributed by atoms with E-state index in [9.17, 15) is 9.59 Å². The van der Waals surface area contributed by atoms with Gasteiger partial charge < -0.3 is 24.7 Å². The number of likely N-dealkylation sites (tertiary alicyclic amines) is 1. The van der Waals surface area contributed by atoms with Crippen LogP contribution in [0, 0.1) is 11.8 Å². The van der Waals surface area contributed by atoms with Crippen LogP contribution in [0.5, 0.6) is 5.75 Å². The fourth-order valence-electron chi connectivity index (χ4n) is 4.02. The summed E-state index contributed by atoms with van der Waals surface area (Å²) < 4.78 is 10.5. The Kier molecular flexibility index (Phi) is 6.26. The van der Waals surface area contributed by atoms with Crippen LogP contribution in [0.2, 0.25) is 0 Å². The molecule has 1 saturated carbocycles. The van der Waals surface area contributed by atoms with E-state index in [1.165, 1.54) is 0 Å². The summed E-state index contributed by atoms with van der Waals surface area (Å²) in [5, 5.41) is 6.15. The van der Waals surface area contributed by atoms with Crippen molar-refractivity contribution in [2.45, 2.75) is 38.3 Å². The quantitative estimate of drug-likeness (QED) is 0.731. The monoisotopic (exact) mass is 411 g/mol. The minimum Gasteiger partial charge on any atom is -0.497 e. The summed E-state index contributed by atoms with van der Waals surface area (Å²) in [5.41, 5.74) is 1.13. The number of urea groups is 1. The molecular weight excluding hydrogens is 382 g/mol. The molecule has 2 aliphatic rings. The van der Waals surface area contributed by atoms with E-state index in [2.05, 4.69) is 10.6 Å². The Balaban J connectivity index is 1.27. The van der Waals surface area contributed by atoms with Crippen LogP contribution in [-0.4, -0.2) is 37.0 Å². The van der Waals surface area contributed by atoms with Gasteiger partial charge in [0.1, 0.15) is 11.5 Å². The molecule has 0 spiro atoms. The Morgan fingerprint density at radius 2 is 1.87 bits per heavy atom. The molecule has 1 aromatic carbocycles. The normalized spacial score (nSPS) is 18.0. The van der Waals surface area contributed by atoms with Crippen LogP contribution >= 0.6 is 0 Å². The molecular formula is C23H29N3O4. The standard InChI is InChI=1S/C23H29N3O4/c1-29-19-8-6-17(7-9-19)21(16-4-5-16)25-22(27)18-10-12-26(13-11-18)23(28)24-15-20-3-2-14-30-20/h2-3,6-9,14,16,18,21H,4-5,10-13,15H2,1H3,(H,24,28)(H,25,27)/t21-/m0/s1. The van der Waals surface area contributed by atoms with Crippen LogP contribution in [0.1, 0.15) is 43.0 Å². The number of carbonyl (C=O) groups excluding carboxylic acids is 2. The van der Waals surface area contributed by atoms with Gasteiger partial charge in [0.05, 0.1) is 26.0 Å². The van der Waals surface area contributed by atoms with Crippen molar-refractivity contribution < 1.29 is 18.7 Å². The summed E-state index contributed by atoms with van der Waals surface area (Å²) in [4.78, 5) is 27.0. The van der Waals surface area contributed by atoms with Gasteiger partial charge in [0, 0.05) is 19.0 Å². The number of ether oxygens (including phenoxy) is 1. The summed E-state index contributed by atoms with van der Waals surface area (Å²) in [6, 6.07) is 11.5. The van der Waals surface area contributed by atoms with Gasteiger partial charge in [-0.05, 0) is 61.4 Å². The van der Waals surface area contributed by atoms with Gasteiger partial charge in [-0.15, -0.1) is 0 Å². The van der Waals surface area contributed by atoms with Crippen molar-refractivity contribution in [3.05, 3.63) is 54.0 Å². The molecule has 4 rings (SSSR count). The number of benzene rings is 1. The molecule has 3 amide bonds. The molecule has 160 valence electrons. The fourth-order valence-corrected chi connectivity index (χ4v) is 4.02. The first-order chi connectivity index (χ1) is 14.6. The van der Waals surface area contributed by atoms with Crippen molar-refractivity contribution in [3.8, 4) is 5.75 Å². The van der Waals surface area contributed by atoms with Crippen LogP contribution in [0.3, 0.4) is 0 Å². The zero-order chi connectivity index (χ0) is 20.9. The van der Waals surface area contributed by atoms with Gasteiger partial charge in [0.15, 0.2) is 0 Å². The second kappa shape index (κ2) is 9.24. The Labute approximate surface area is 176 Å². The first-order valence-electron chi connectivity index (χ1n) is 10.6. The highest BCUT2D eigenvalue weighted by Gasteiger charge is 2.35. The average molecular weight is 412 g/mol. The van der Waals surface area contributed by atoms with Gasteiger partial charge in [0.25, 0.3) is 0 Å². The topological polar surface area (TPSA) is 83.8 Å². The molecule has 7 nitrogen and oxygen atoms in total. The van der Waals surface area contributed by atoms with E-state index < -0.39 is 0 Å². The first-order valence-corrected chi connectivity index (χ1v) is 10.6. The Morgan fingerprint density at radius 1 is 1.13 bits per heavy atom. The number of piperidine rings is 1. The Bertz CT molecular complexity index is 838. The number of furan rings is 1. The molecule has 2 N–H and O–H groups in total. The summed E-state index contributed by atoms with van der Waals surface area (Å²) in [7, 11) is 1.65. The van der Waals surface area contributed by atoms with Crippen molar-refractivity contribution in [1.29, 1.82) is 0 Å². The van der Waals surface area contributed by atoms with E-state index in [1.807, 2.05) is 30.3 Å². The maximum absolute atomic E-state index is 12.9. The third-order valence-electron chi connectivity index (χ3n) is 6.01. The van der Waals surface area contributed by atoms with E-state index >= 15 is 0 Å². The minimum absolute atomic E-state index is 0.0537. The van der Waals surface area contributed by atoms with Gasteiger partial charge in [-0.25, -0.2) is 4.79 Å². The number of methoxy groups -OCH3 is 1. The highest BCUT2D eigenvalue weighted by Crippen LogP contribution is 2.41. The third-order valence-corrected chi connectivity index (χ3v) is 6.01. The number of rotatable bonds is 7. The highest BCUT2D eigenvalue weighted by molar-refractivity contribution is 5.80. The Morgan fingerprint density at radius 3 is 2.47 bits per heavy atom. The van der Waals surface area contributed by atoms with Crippen molar-refractivity contribution in [2.24, 2.45) is 11.8 Å². The molecule has 1 aliphatic heterocycles. The number of amides is 3. The number of carbonyl (C=O) groups is 2. The third kappa shape index (κ3) is 4.96. The molecule has 7 heteroatoms. The first kappa shape index (κ1) is 20.3. The van der Waals surface area contributed by atoms with Gasteiger partial charge in [-0.2, -0.15) is 0 Å². The maximum atomic E-state index is 12.9. The lowest BCUT2D eigenvalue weighted by atomic mass is 9.94. The molecule has 1 aliphatic carbocycles. The predicted octanol–water partition coefficient (Wildman–Crippen LogP) is 3.48. The minimum atomic E-state index is -0.112. The molecule has 1 saturated heterocycles. The summed E-state index contributed by atoms with van der Waals surface area (Å²) in [5.74, 6) is 2.09. The fraction of sp³-hybridized carbons (Fsp3) is 0.478. The van der Waals surface area contributed by atoms with Crippen molar-refractivity contribution in [3.63, 3.8) is 0 Å². The van der Waals surface area contributed by atoms with Crippen molar-refractivity contribution in [1.82, 2.24) is 15.5 Å². The lowest BCUT2D eigenvalue weighted by Gasteiger charge is -2.32. The SMILES string of the molecule is COc1ccc([C@@H](NC(=O)C2CCN(C(=O)NCc3ccco3)CC2)C2CC2)cc1. The molecule has 0 radical (unpaired) electrons. The van der Waals surface area contributed by atoms with Gasteiger partial charge in [0.2, 0.25) is 5.91 Å². The molecule has 30 heavy (non-hydrogen) atoms. The van der Waals surface area contributed by atoms with Gasteiger partial charge in [-0.1, -0.05) is 12.1 Å². The number of nitrogens with one attached hydrogen (secondary N) is 2. The van der Waals surface area contributed by atoms with Crippen molar-refractivity contribution in [2.75, 3.05) is 20.2 Å². The smallest absolute Gasteiger partial charge is 0.317 e. The van der Waals surface area contributed by atoms with Crippen LogP contribution in [0.25, 0.3) is 0 Å². The highest BCUT2D eigenvalue weighted by atomic mass is 16.5. The van der Waals surface area contributed by atoms with E-state index in [0.717, 1.165) is 29.9 Å². The summed E-state index contributed by atoms with van der Waals surface area (Å²) in [6.07, 6.45) is 5.24. The molecule has 2 heterocycles. The van der Waals surface area contributed by atoms with E-state index in [-0.39, 0.29) is 23.9 Å². The molecule has 0 bridgehead atoms. The zero-order valence-corrected chi connectivity index (χ0v) is 17.3. The molecule has 0 unspecified atom stereocenters. The van der Waals surface area contributed by atoms with Crippen LogP contribution < -0.4 is 15.4 Å². The maximum Gasteiger partial charge on any atom is 0.317 e. The summed E-state index contributed by atoms with van der Waals surface area (Å²) in [6.45, 7) is 1.54. The van der Waals surface area contributed by atoms with E-state index in [0.29, 0.717) is 38.4 Å². The van der Waals surface area contributed by atoms with Crippen LogP contribution in [-0.2, 0) is 11.3 Å². The van der Waals surface area contributed by atoms with Gasteiger partial charge in [-0.3, -0.25) is 4.79 Å². The average Bonchev–Trinajstić information content (AvgIpc) is 3.50. The number of hydrogen-bond donors (Lipinski definition) is 2.